The van der Waals surface area contributed by atoms with Gasteiger partial charge in [0.05, 0.1) is 5.56 Å². The van der Waals surface area contributed by atoms with Crippen molar-refractivity contribution in [3.63, 3.8) is 0 Å². The fourth-order valence-corrected chi connectivity index (χ4v) is 2.69. The number of hydrogen-bond acceptors (Lipinski definition) is 3. The molecule has 0 radical (unpaired) electrons. The molecule has 0 saturated carbocycles. The molecule has 2 heterocycles. The van der Waals surface area contributed by atoms with Gasteiger partial charge in [-0.15, -0.1) is 11.3 Å². The number of hydrogen-bond donors (Lipinski definition) is 0. The van der Waals surface area contributed by atoms with Gasteiger partial charge in [0.15, 0.2) is 23.3 Å². The maximum Gasteiger partial charge on any atom is 0.195 e. The highest BCUT2D eigenvalue weighted by molar-refractivity contribution is 7.16. The first-order chi connectivity index (χ1) is 9.08. The van der Waals surface area contributed by atoms with Gasteiger partial charge in [-0.2, -0.15) is 0 Å². The predicted molar refractivity (Wildman–Crippen MR) is 67.7 cm³/mol. The first kappa shape index (κ1) is 12.4. The summed E-state index contributed by atoms with van der Waals surface area (Å²) in [6, 6.07) is 3.64. The summed E-state index contributed by atoms with van der Waals surface area (Å²) in [6.07, 6.45) is 0. The van der Waals surface area contributed by atoms with Crippen LogP contribution in [-0.4, -0.2) is 9.97 Å². The Bertz CT molecular complexity index is 788. The van der Waals surface area contributed by atoms with Gasteiger partial charge < -0.3 is 0 Å². The minimum atomic E-state index is -1.55. The van der Waals surface area contributed by atoms with Crippen molar-refractivity contribution in [2.24, 2.45) is 0 Å². The Morgan fingerprint density at radius 2 is 1.79 bits per heavy atom. The second-order valence-electron chi connectivity index (χ2n) is 3.70. The van der Waals surface area contributed by atoms with Crippen LogP contribution in [0.2, 0.25) is 5.15 Å². The van der Waals surface area contributed by atoms with Gasteiger partial charge in [-0.25, -0.2) is 23.1 Å². The zero-order valence-electron chi connectivity index (χ0n) is 9.12. The molecule has 0 unspecified atom stereocenters. The second-order valence-corrected chi connectivity index (χ2v) is 4.95. The topological polar surface area (TPSA) is 25.8 Å². The van der Waals surface area contributed by atoms with Gasteiger partial charge in [-0.1, -0.05) is 11.6 Å². The van der Waals surface area contributed by atoms with E-state index >= 15 is 0 Å². The van der Waals surface area contributed by atoms with Crippen molar-refractivity contribution in [1.82, 2.24) is 9.97 Å². The predicted octanol–water partition coefficient (Wildman–Crippen LogP) is 4.43. The Morgan fingerprint density at radius 1 is 1.00 bits per heavy atom. The Hall–Kier alpha value is -1.66. The van der Waals surface area contributed by atoms with Gasteiger partial charge in [0.2, 0.25) is 0 Å². The van der Waals surface area contributed by atoms with E-state index in [2.05, 4.69) is 9.97 Å². The molecular weight excluding hydrogens is 297 g/mol. The zero-order valence-corrected chi connectivity index (χ0v) is 10.7. The molecule has 2 nitrogen and oxygen atoms in total. The van der Waals surface area contributed by atoms with Crippen LogP contribution in [0.5, 0.6) is 0 Å². The number of nitrogens with zero attached hydrogens (tertiary/aromatic N) is 2. The summed E-state index contributed by atoms with van der Waals surface area (Å²) in [7, 11) is 0. The number of thiophene rings is 1. The quantitative estimate of drug-likeness (QED) is 0.491. The lowest BCUT2D eigenvalue weighted by atomic mass is 10.2. The summed E-state index contributed by atoms with van der Waals surface area (Å²) in [5.41, 5.74) is -0.226. The van der Waals surface area contributed by atoms with Crippen LogP contribution in [0.3, 0.4) is 0 Å². The molecule has 0 saturated heterocycles. The van der Waals surface area contributed by atoms with E-state index in [1.807, 2.05) is 0 Å². The van der Waals surface area contributed by atoms with E-state index in [9.17, 15) is 13.2 Å². The molecule has 2 aromatic heterocycles. The van der Waals surface area contributed by atoms with Crippen LogP contribution >= 0.6 is 22.9 Å². The molecule has 0 spiro atoms. The zero-order chi connectivity index (χ0) is 13.6. The van der Waals surface area contributed by atoms with Crippen LogP contribution in [0.4, 0.5) is 13.2 Å². The molecule has 0 atom stereocenters. The first-order valence-electron chi connectivity index (χ1n) is 5.12. The maximum atomic E-state index is 13.7. The lowest BCUT2D eigenvalue weighted by molar-refractivity contribution is 0.448. The molecule has 0 fully saturated rings. The monoisotopic (exact) mass is 300 g/mol. The number of benzene rings is 1. The van der Waals surface area contributed by atoms with Crippen LogP contribution in [0.15, 0.2) is 23.6 Å². The number of halogens is 4. The summed E-state index contributed by atoms with van der Waals surface area (Å²) in [4.78, 5) is 8.55. The molecule has 7 heteroatoms. The van der Waals surface area contributed by atoms with Crippen molar-refractivity contribution in [3.05, 3.63) is 46.2 Å². The van der Waals surface area contributed by atoms with Crippen LogP contribution in [0, 0.1) is 17.5 Å². The SMILES string of the molecule is Fc1ccc(-c2nc(Cl)c3ccsc3n2)c(F)c1F. The van der Waals surface area contributed by atoms with E-state index in [4.69, 9.17) is 11.6 Å². The molecule has 3 aromatic rings. The third-order valence-corrected chi connectivity index (χ3v) is 3.65. The van der Waals surface area contributed by atoms with Gasteiger partial charge in [-0.3, -0.25) is 0 Å². The molecule has 19 heavy (non-hydrogen) atoms. The maximum absolute atomic E-state index is 13.7. The summed E-state index contributed by atoms with van der Waals surface area (Å²) >= 11 is 7.24. The molecule has 3 rings (SSSR count). The average molecular weight is 301 g/mol. The van der Waals surface area contributed by atoms with Crippen molar-refractivity contribution in [2.75, 3.05) is 0 Å². The molecule has 0 aliphatic heterocycles. The minimum absolute atomic E-state index is 0.0728. The minimum Gasteiger partial charge on any atom is -0.217 e. The molecule has 0 aliphatic carbocycles. The fourth-order valence-electron chi connectivity index (χ4n) is 1.64. The summed E-state index contributed by atoms with van der Waals surface area (Å²) < 4.78 is 39.7. The number of rotatable bonds is 1. The molecular formula is C12H4ClF3N2S. The summed E-state index contributed by atoms with van der Waals surface area (Å²) in [5.74, 6) is -4.21. The standard InChI is InChI=1S/C12H4ClF3N2S/c13-10-6-3-4-19-12(6)18-11(17-10)5-1-2-7(14)9(16)8(5)15/h1-4H. The normalized spacial score (nSPS) is 11.2. The Morgan fingerprint density at radius 3 is 2.58 bits per heavy atom. The molecule has 0 N–H and O–H groups in total. The van der Waals surface area contributed by atoms with Gasteiger partial charge in [0.1, 0.15) is 9.98 Å². The van der Waals surface area contributed by atoms with E-state index in [1.165, 1.54) is 11.3 Å². The highest BCUT2D eigenvalue weighted by Gasteiger charge is 2.18. The Labute approximate surface area is 114 Å². The van der Waals surface area contributed by atoms with Crippen molar-refractivity contribution < 1.29 is 13.2 Å². The smallest absolute Gasteiger partial charge is 0.195 e. The van der Waals surface area contributed by atoms with Crippen LogP contribution in [0.1, 0.15) is 0 Å². The van der Waals surface area contributed by atoms with Crippen LogP contribution in [0.25, 0.3) is 21.6 Å². The van der Waals surface area contributed by atoms with Crippen LogP contribution in [-0.2, 0) is 0 Å². The Kier molecular flexibility index (Phi) is 2.91. The largest absolute Gasteiger partial charge is 0.217 e. The molecule has 0 aliphatic rings. The van der Waals surface area contributed by atoms with Gasteiger partial charge >= 0.3 is 0 Å². The van der Waals surface area contributed by atoms with Crippen molar-refractivity contribution in [2.45, 2.75) is 0 Å². The number of fused-ring (bicyclic) bond motifs is 1. The summed E-state index contributed by atoms with van der Waals surface area (Å²) in [5, 5.41) is 2.54. The van der Waals surface area contributed by atoms with Gasteiger partial charge in [0, 0.05) is 5.39 Å². The Balaban J connectivity index is 2.27. The highest BCUT2D eigenvalue weighted by Crippen LogP contribution is 2.30. The molecule has 96 valence electrons. The van der Waals surface area contributed by atoms with Crippen molar-refractivity contribution in [3.8, 4) is 11.4 Å². The van der Waals surface area contributed by atoms with Crippen molar-refractivity contribution in [1.29, 1.82) is 0 Å². The third-order valence-electron chi connectivity index (χ3n) is 2.55. The van der Waals surface area contributed by atoms with Crippen LogP contribution < -0.4 is 0 Å². The van der Waals surface area contributed by atoms with E-state index in [1.54, 1.807) is 11.4 Å². The highest BCUT2D eigenvalue weighted by atomic mass is 35.5. The second kappa shape index (κ2) is 4.47. The third kappa shape index (κ3) is 1.97. The fraction of sp³-hybridized carbons (Fsp3) is 0. The van der Waals surface area contributed by atoms with Gasteiger partial charge in [-0.05, 0) is 23.6 Å². The van der Waals surface area contributed by atoms with Gasteiger partial charge in [0.25, 0.3) is 0 Å². The van der Waals surface area contributed by atoms with E-state index in [0.29, 0.717) is 10.2 Å². The average Bonchev–Trinajstić information content (AvgIpc) is 2.85. The van der Waals surface area contributed by atoms with E-state index in [-0.39, 0.29) is 16.5 Å². The van der Waals surface area contributed by atoms with E-state index < -0.39 is 17.5 Å². The number of aromatic nitrogens is 2. The molecule has 0 amide bonds. The lowest BCUT2D eigenvalue weighted by Crippen LogP contribution is -1.97. The van der Waals surface area contributed by atoms with E-state index in [0.717, 1.165) is 12.1 Å². The molecule has 0 bridgehead atoms. The molecule has 1 aromatic carbocycles. The lowest BCUT2D eigenvalue weighted by Gasteiger charge is -2.04. The summed E-state index contributed by atoms with van der Waals surface area (Å²) in [6.45, 7) is 0. The van der Waals surface area contributed by atoms with Crippen molar-refractivity contribution >= 4 is 33.2 Å². The first-order valence-corrected chi connectivity index (χ1v) is 6.38.